The normalized spacial score (nSPS) is 10.8. The van der Waals surface area contributed by atoms with E-state index in [1.54, 1.807) is 43.3 Å². The fraction of sp³-hybridized carbons (Fsp3) is 0.160. The van der Waals surface area contributed by atoms with Gasteiger partial charge in [0.1, 0.15) is 0 Å². The first-order chi connectivity index (χ1) is 16.8. The van der Waals surface area contributed by atoms with Gasteiger partial charge in [0.2, 0.25) is 0 Å². The van der Waals surface area contributed by atoms with Crippen LogP contribution in [-0.2, 0) is 4.79 Å². The molecule has 35 heavy (non-hydrogen) atoms. The monoisotopic (exact) mass is 533 g/mol. The molecule has 0 atom stereocenters. The highest BCUT2D eigenvalue weighted by Crippen LogP contribution is 2.36. The zero-order valence-corrected chi connectivity index (χ0v) is 21.2. The summed E-state index contributed by atoms with van der Waals surface area (Å²) >= 11 is 18.2. The van der Waals surface area contributed by atoms with Crippen molar-refractivity contribution in [2.45, 2.75) is 13.8 Å². The molecule has 3 rings (SSSR count). The number of nitrogens with one attached hydrogen (secondary N) is 2. The van der Waals surface area contributed by atoms with Crippen molar-refractivity contribution in [3.63, 3.8) is 0 Å². The highest BCUT2D eigenvalue weighted by atomic mass is 35.5. The molecular weight excluding hydrogens is 513 g/mol. The number of anilines is 1. The second kappa shape index (κ2) is 12.4. The van der Waals surface area contributed by atoms with Crippen LogP contribution < -0.4 is 20.2 Å². The Hall–Kier alpha value is -3.26. The van der Waals surface area contributed by atoms with E-state index in [-0.39, 0.29) is 23.3 Å². The molecule has 0 heterocycles. The first-order valence-corrected chi connectivity index (χ1v) is 11.6. The van der Waals surface area contributed by atoms with Gasteiger partial charge in [-0.2, -0.15) is 5.10 Å². The summed E-state index contributed by atoms with van der Waals surface area (Å²) in [5.74, 6) is -0.232. The molecule has 2 amide bonds. The van der Waals surface area contributed by atoms with E-state index in [2.05, 4.69) is 15.8 Å². The standard InChI is InChI=1S/C25H22Cl3N3O4/c1-3-34-22-11-16(13-29-31-25(33)17-6-4-15(2)5-7-17)10-21(28)24(22)35-14-23(32)30-18-8-9-19(26)20(27)12-18/h4-13H,3,14H2,1-2H3,(H,30,32)(H,31,33)/b29-13+. The molecule has 10 heteroatoms. The average Bonchev–Trinajstić information content (AvgIpc) is 2.81. The third kappa shape index (κ3) is 7.62. The zero-order chi connectivity index (χ0) is 25.4. The van der Waals surface area contributed by atoms with Crippen LogP contribution in [0.1, 0.15) is 28.4 Å². The maximum atomic E-state index is 12.3. The van der Waals surface area contributed by atoms with Crippen molar-refractivity contribution in [2.24, 2.45) is 5.10 Å². The van der Waals surface area contributed by atoms with Crippen LogP contribution in [0.25, 0.3) is 0 Å². The Morgan fingerprint density at radius 3 is 2.37 bits per heavy atom. The van der Waals surface area contributed by atoms with Crippen LogP contribution in [0.15, 0.2) is 59.7 Å². The van der Waals surface area contributed by atoms with Crippen LogP contribution in [0.5, 0.6) is 11.5 Å². The van der Waals surface area contributed by atoms with Gasteiger partial charge in [-0.05, 0) is 61.9 Å². The Bertz CT molecular complexity index is 1250. The van der Waals surface area contributed by atoms with Crippen molar-refractivity contribution in [3.8, 4) is 11.5 Å². The van der Waals surface area contributed by atoms with E-state index in [4.69, 9.17) is 44.3 Å². The zero-order valence-electron chi connectivity index (χ0n) is 18.9. The first kappa shape index (κ1) is 26.3. The molecule has 0 bridgehead atoms. The van der Waals surface area contributed by atoms with E-state index in [9.17, 15) is 9.59 Å². The van der Waals surface area contributed by atoms with Gasteiger partial charge in [0.05, 0.1) is 27.9 Å². The van der Waals surface area contributed by atoms with Crippen LogP contribution in [0.2, 0.25) is 15.1 Å². The van der Waals surface area contributed by atoms with E-state index >= 15 is 0 Å². The largest absolute Gasteiger partial charge is 0.490 e. The Labute approximate surface area is 218 Å². The molecule has 0 saturated carbocycles. The number of benzene rings is 3. The molecule has 0 saturated heterocycles. The molecule has 0 spiro atoms. The van der Waals surface area contributed by atoms with Crippen molar-refractivity contribution in [1.82, 2.24) is 5.43 Å². The predicted octanol–water partition coefficient (Wildman–Crippen LogP) is 6.14. The lowest BCUT2D eigenvalue weighted by Crippen LogP contribution is -2.20. The van der Waals surface area contributed by atoms with Gasteiger partial charge in [-0.15, -0.1) is 0 Å². The number of nitrogens with zero attached hydrogens (tertiary/aromatic N) is 1. The third-order valence-corrected chi connectivity index (χ3v) is 5.60. The van der Waals surface area contributed by atoms with Crippen molar-refractivity contribution in [2.75, 3.05) is 18.5 Å². The second-order valence-electron chi connectivity index (χ2n) is 7.29. The Balaban J connectivity index is 1.65. The lowest BCUT2D eigenvalue weighted by molar-refractivity contribution is -0.118. The van der Waals surface area contributed by atoms with Crippen molar-refractivity contribution in [3.05, 3.63) is 86.4 Å². The minimum absolute atomic E-state index is 0.207. The molecule has 0 unspecified atom stereocenters. The van der Waals surface area contributed by atoms with Gasteiger partial charge < -0.3 is 14.8 Å². The van der Waals surface area contributed by atoms with Crippen LogP contribution in [-0.4, -0.2) is 31.2 Å². The number of hydrazone groups is 1. The number of hydrogen-bond acceptors (Lipinski definition) is 5. The summed E-state index contributed by atoms with van der Waals surface area (Å²) in [7, 11) is 0. The Kier molecular flexibility index (Phi) is 9.37. The van der Waals surface area contributed by atoms with E-state index in [0.29, 0.717) is 39.2 Å². The fourth-order valence-corrected chi connectivity index (χ4v) is 3.48. The summed E-state index contributed by atoms with van der Waals surface area (Å²) < 4.78 is 11.3. The summed E-state index contributed by atoms with van der Waals surface area (Å²) in [6.45, 7) is 3.76. The van der Waals surface area contributed by atoms with Gasteiger partial charge in [0.25, 0.3) is 11.8 Å². The Morgan fingerprint density at radius 2 is 1.69 bits per heavy atom. The van der Waals surface area contributed by atoms with E-state index in [1.807, 2.05) is 19.1 Å². The van der Waals surface area contributed by atoms with Crippen LogP contribution >= 0.6 is 34.8 Å². The molecule has 0 aliphatic heterocycles. The number of carbonyl (C=O) groups excluding carboxylic acids is 2. The second-order valence-corrected chi connectivity index (χ2v) is 8.52. The van der Waals surface area contributed by atoms with Gasteiger partial charge in [0, 0.05) is 11.3 Å². The molecule has 7 nitrogen and oxygen atoms in total. The number of hydrogen-bond donors (Lipinski definition) is 2. The molecule has 0 radical (unpaired) electrons. The molecular formula is C25H22Cl3N3O4. The predicted molar refractivity (Wildman–Crippen MR) is 139 cm³/mol. The van der Waals surface area contributed by atoms with Crippen LogP contribution in [0.3, 0.4) is 0 Å². The average molecular weight is 535 g/mol. The molecule has 182 valence electrons. The topological polar surface area (TPSA) is 89.0 Å². The van der Waals surface area contributed by atoms with Gasteiger partial charge in [-0.3, -0.25) is 9.59 Å². The van der Waals surface area contributed by atoms with E-state index < -0.39 is 5.91 Å². The smallest absolute Gasteiger partial charge is 0.271 e. The molecule has 0 aliphatic carbocycles. The number of aryl methyl sites for hydroxylation is 1. The molecule has 2 N–H and O–H groups in total. The summed E-state index contributed by atoms with van der Waals surface area (Å²) in [6, 6.07) is 15.1. The third-order valence-electron chi connectivity index (χ3n) is 4.58. The molecule has 0 aliphatic rings. The lowest BCUT2D eigenvalue weighted by Gasteiger charge is -2.14. The summed E-state index contributed by atoms with van der Waals surface area (Å²) in [5.41, 5.74) is 5.05. The minimum Gasteiger partial charge on any atom is -0.490 e. The highest BCUT2D eigenvalue weighted by Gasteiger charge is 2.15. The number of rotatable bonds is 9. The highest BCUT2D eigenvalue weighted by molar-refractivity contribution is 6.42. The summed E-state index contributed by atoms with van der Waals surface area (Å²) in [6.07, 6.45) is 1.43. The van der Waals surface area contributed by atoms with E-state index in [1.165, 1.54) is 12.3 Å². The number of halogens is 3. The molecule has 3 aromatic rings. The molecule has 0 aromatic heterocycles. The van der Waals surface area contributed by atoms with Crippen LogP contribution in [0, 0.1) is 6.92 Å². The lowest BCUT2D eigenvalue weighted by atomic mass is 10.1. The van der Waals surface area contributed by atoms with Crippen LogP contribution in [0.4, 0.5) is 5.69 Å². The summed E-state index contributed by atoms with van der Waals surface area (Å²) in [4.78, 5) is 24.5. The summed E-state index contributed by atoms with van der Waals surface area (Å²) in [5, 5.41) is 7.56. The van der Waals surface area contributed by atoms with Gasteiger partial charge in [-0.1, -0.05) is 52.5 Å². The maximum absolute atomic E-state index is 12.3. The minimum atomic E-state index is -0.425. The van der Waals surface area contributed by atoms with Crippen molar-refractivity contribution < 1.29 is 19.1 Å². The van der Waals surface area contributed by atoms with E-state index in [0.717, 1.165) is 5.56 Å². The fourth-order valence-electron chi connectivity index (χ4n) is 2.91. The Morgan fingerprint density at radius 1 is 0.943 bits per heavy atom. The first-order valence-electron chi connectivity index (χ1n) is 10.5. The van der Waals surface area contributed by atoms with Gasteiger partial charge in [-0.25, -0.2) is 5.43 Å². The number of carbonyl (C=O) groups is 2. The SMILES string of the molecule is CCOc1cc(/C=N/NC(=O)c2ccc(C)cc2)cc(Cl)c1OCC(=O)Nc1ccc(Cl)c(Cl)c1. The number of amides is 2. The van der Waals surface area contributed by atoms with Gasteiger partial charge in [0.15, 0.2) is 18.1 Å². The van der Waals surface area contributed by atoms with Gasteiger partial charge >= 0.3 is 0 Å². The molecule has 3 aromatic carbocycles. The number of ether oxygens (including phenoxy) is 2. The maximum Gasteiger partial charge on any atom is 0.271 e. The molecule has 0 fully saturated rings. The quantitative estimate of drug-likeness (QED) is 0.255. The van der Waals surface area contributed by atoms with Crippen molar-refractivity contribution in [1.29, 1.82) is 0 Å². The van der Waals surface area contributed by atoms with Crippen molar-refractivity contribution >= 4 is 58.5 Å².